The van der Waals surface area contributed by atoms with Gasteiger partial charge in [0.1, 0.15) is 5.82 Å². The van der Waals surface area contributed by atoms with E-state index in [1.807, 2.05) is 0 Å². The summed E-state index contributed by atoms with van der Waals surface area (Å²) in [5.74, 6) is 0.439. The van der Waals surface area contributed by atoms with Gasteiger partial charge in [0.25, 0.3) is 0 Å². The molecule has 2 heterocycles. The van der Waals surface area contributed by atoms with Gasteiger partial charge in [0.05, 0.1) is 29.2 Å². The van der Waals surface area contributed by atoms with Crippen molar-refractivity contribution in [1.82, 2.24) is 14.9 Å². The Hall–Kier alpha value is -1.63. The van der Waals surface area contributed by atoms with E-state index in [-0.39, 0.29) is 18.9 Å². The summed E-state index contributed by atoms with van der Waals surface area (Å²) in [5, 5.41) is 20.4. The van der Waals surface area contributed by atoms with Crippen molar-refractivity contribution < 1.29 is 15.0 Å². The van der Waals surface area contributed by atoms with Gasteiger partial charge in [0, 0.05) is 18.1 Å². The van der Waals surface area contributed by atoms with E-state index < -0.39 is 11.7 Å². The van der Waals surface area contributed by atoms with Gasteiger partial charge < -0.3 is 20.1 Å². The molecule has 6 nitrogen and oxygen atoms in total. The molecule has 2 aromatic rings. The maximum absolute atomic E-state index is 12.3. The van der Waals surface area contributed by atoms with Gasteiger partial charge in [-0.2, -0.15) is 0 Å². The summed E-state index contributed by atoms with van der Waals surface area (Å²) in [6, 6.07) is 5.31. The predicted octanol–water partition coefficient (Wildman–Crippen LogP) is 1.10. The topological polar surface area (TPSA) is 89.5 Å². The molecule has 0 radical (unpaired) electrons. The summed E-state index contributed by atoms with van der Waals surface area (Å²) in [4.78, 5) is 21.3. The van der Waals surface area contributed by atoms with Crippen LogP contribution in [-0.4, -0.2) is 55.8 Å². The molecule has 0 saturated carbocycles. The van der Waals surface area contributed by atoms with Gasteiger partial charge >= 0.3 is 0 Å². The van der Waals surface area contributed by atoms with Crippen molar-refractivity contribution in [2.45, 2.75) is 31.5 Å². The first-order valence-electron chi connectivity index (χ1n) is 7.17. The first-order chi connectivity index (χ1) is 10.3. The Kier molecular flexibility index (Phi) is 3.84. The fourth-order valence-corrected chi connectivity index (χ4v) is 2.80. The number of aromatic nitrogens is 2. The SMILES string of the molecule is C[C@@]1(O)CCN(C(=O)Cc2nc3ccc(Cl)cc3[nH]2)C[C@H]1O. The minimum atomic E-state index is -1.13. The van der Waals surface area contributed by atoms with Gasteiger partial charge in [-0.15, -0.1) is 0 Å². The molecule has 3 N–H and O–H groups in total. The molecule has 118 valence electrons. The second-order valence-electron chi connectivity index (χ2n) is 5.98. The highest BCUT2D eigenvalue weighted by atomic mass is 35.5. The van der Waals surface area contributed by atoms with Crippen molar-refractivity contribution in [2.75, 3.05) is 13.1 Å². The van der Waals surface area contributed by atoms with E-state index in [4.69, 9.17) is 11.6 Å². The lowest BCUT2D eigenvalue weighted by atomic mass is 9.90. The van der Waals surface area contributed by atoms with Crippen LogP contribution in [0.1, 0.15) is 19.2 Å². The third-order valence-corrected chi connectivity index (χ3v) is 4.40. The van der Waals surface area contributed by atoms with Crippen LogP contribution in [0.25, 0.3) is 11.0 Å². The Labute approximate surface area is 132 Å². The second kappa shape index (κ2) is 5.53. The number of aromatic amines is 1. The number of aliphatic hydroxyl groups excluding tert-OH is 1. The van der Waals surface area contributed by atoms with Gasteiger partial charge in [-0.05, 0) is 31.5 Å². The first-order valence-corrected chi connectivity index (χ1v) is 7.55. The number of rotatable bonds is 2. The molecule has 1 saturated heterocycles. The predicted molar refractivity (Wildman–Crippen MR) is 82.6 cm³/mol. The smallest absolute Gasteiger partial charge is 0.230 e. The van der Waals surface area contributed by atoms with Gasteiger partial charge in [-0.25, -0.2) is 4.98 Å². The van der Waals surface area contributed by atoms with Crippen LogP contribution in [0.3, 0.4) is 0 Å². The zero-order valence-corrected chi connectivity index (χ0v) is 13.0. The lowest BCUT2D eigenvalue weighted by Gasteiger charge is -2.39. The van der Waals surface area contributed by atoms with Crippen molar-refractivity contribution in [3.05, 3.63) is 29.0 Å². The van der Waals surface area contributed by atoms with Gasteiger partial charge in [0.2, 0.25) is 5.91 Å². The van der Waals surface area contributed by atoms with Crippen molar-refractivity contribution in [3.63, 3.8) is 0 Å². The maximum Gasteiger partial charge on any atom is 0.230 e. The monoisotopic (exact) mass is 323 g/mol. The Balaban J connectivity index is 1.71. The average Bonchev–Trinajstić information content (AvgIpc) is 2.83. The molecular weight excluding hydrogens is 306 g/mol. The molecule has 0 unspecified atom stereocenters. The Morgan fingerprint density at radius 3 is 3.09 bits per heavy atom. The highest BCUT2D eigenvalue weighted by Crippen LogP contribution is 2.23. The highest BCUT2D eigenvalue weighted by molar-refractivity contribution is 6.31. The molecule has 7 heteroatoms. The number of nitrogens with zero attached hydrogens (tertiary/aromatic N) is 2. The fourth-order valence-electron chi connectivity index (χ4n) is 2.62. The van der Waals surface area contributed by atoms with Crippen LogP contribution < -0.4 is 0 Å². The Morgan fingerprint density at radius 2 is 2.36 bits per heavy atom. The Morgan fingerprint density at radius 1 is 1.59 bits per heavy atom. The summed E-state index contributed by atoms with van der Waals surface area (Å²) < 4.78 is 0. The molecule has 0 aliphatic carbocycles. The van der Waals surface area contributed by atoms with Crippen LogP contribution in [0.4, 0.5) is 0 Å². The molecule has 22 heavy (non-hydrogen) atoms. The van der Waals surface area contributed by atoms with E-state index in [1.165, 1.54) is 0 Å². The van der Waals surface area contributed by atoms with E-state index >= 15 is 0 Å². The zero-order valence-electron chi connectivity index (χ0n) is 12.2. The number of fused-ring (bicyclic) bond motifs is 1. The number of H-pyrrole nitrogens is 1. The normalized spacial score (nSPS) is 25.6. The van der Waals surface area contributed by atoms with E-state index in [1.54, 1.807) is 30.0 Å². The van der Waals surface area contributed by atoms with Gasteiger partial charge in [0.15, 0.2) is 0 Å². The van der Waals surface area contributed by atoms with Crippen LogP contribution in [0, 0.1) is 0 Å². The number of hydrogen-bond acceptors (Lipinski definition) is 4. The molecule has 1 amide bonds. The third kappa shape index (κ3) is 2.95. The van der Waals surface area contributed by atoms with Crippen LogP contribution >= 0.6 is 11.6 Å². The van der Waals surface area contributed by atoms with Crippen LogP contribution in [0.2, 0.25) is 5.02 Å². The van der Waals surface area contributed by atoms with E-state index in [0.29, 0.717) is 23.8 Å². The summed E-state index contributed by atoms with van der Waals surface area (Å²) in [5.41, 5.74) is 0.415. The number of carbonyl (C=O) groups is 1. The molecule has 0 bridgehead atoms. The molecule has 0 spiro atoms. The minimum absolute atomic E-state index is 0.125. The molecule has 1 aliphatic rings. The van der Waals surface area contributed by atoms with Crippen molar-refractivity contribution >= 4 is 28.5 Å². The summed E-state index contributed by atoms with van der Waals surface area (Å²) in [6.07, 6.45) is -0.448. The van der Waals surface area contributed by atoms with Gasteiger partial charge in [-0.1, -0.05) is 11.6 Å². The van der Waals surface area contributed by atoms with Crippen LogP contribution in [-0.2, 0) is 11.2 Å². The molecule has 1 aliphatic heterocycles. The zero-order chi connectivity index (χ0) is 15.9. The van der Waals surface area contributed by atoms with E-state index in [0.717, 1.165) is 11.0 Å². The average molecular weight is 324 g/mol. The number of carbonyl (C=O) groups excluding carboxylic acids is 1. The molecule has 1 aromatic carbocycles. The molecule has 2 atom stereocenters. The maximum atomic E-state index is 12.3. The van der Waals surface area contributed by atoms with Crippen molar-refractivity contribution in [2.24, 2.45) is 0 Å². The number of imidazole rings is 1. The van der Waals surface area contributed by atoms with Gasteiger partial charge in [-0.3, -0.25) is 4.79 Å². The van der Waals surface area contributed by atoms with Crippen molar-refractivity contribution in [3.8, 4) is 0 Å². The number of nitrogens with one attached hydrogen (secondary N) is 1. The number of piperidine rings is 1. The minimum Gasteiger partial charge on any atom is -0.388 e. The number of hydrogen-bond donors (Lipinski definition) is 3. The summed E-state index contributed by atoms with van der Waals surface area (Å²) in [7, 11) is 0. The number of β-amino-alcohol motifs (C(OH)–C–C–N with tert-alkyl or cyclic N) is 1. The van der Waals surface area contributed by atoms with Crippen LogP contribution in [0.15, 0.2) is 18.2 Å². The van der Waals surface area contributed by atoms with Crippen LogP contribution in [0.5, 0.6) is 0 Å². The lowest BCUT2D eigenvalue weighted by Crippen LogP contribution is -2.55. The first kappa shape index (κ1) is 15.3. The summed E-state index contributed by atoms with van der Waals surface area (Å²) in [6.45, 7) is 2.15. The lowest BCUT2D eigenvalue weighted by molar-refractivity contribution is -0.145. The largest absolute Gasteiger partial charge is 0.388 e. The number of halogens is 1. The standard InChI is InChI=1S/C15H18ClN3O3/c1-15(22)4-5-19(8-12(15)20)14(21)7-13-17-10-3-2-9(16)6-11(10)18-13/h2-3,6,12,20,22H,4-5,7-8H2,1H3,(H,17,18)/t12-,15-/m1/s1. The van der Waals surface area contributed by atoms with E-state index in [9.17, 15) is 15.0 Å². The fraction of sp³-hybridized carbons (Fsp3) is 0.467. The number of likely N-dealkylation sites (tertiary alicyclic amines) is 1. The van der Waals surface area contributed by atoms with E-state index in [2.05, 4.69) is 9.97 Å². The molecular formula is C15H18ClN3O3. The number of benzene rings is 1. The number of aliphatic hydroxyl groups is 2. The number of amides is 1. The summed E-state index contributed by atoms with van der Waals surface area (Å²) >= 11 is 5.92. The third-order valence-electron chi connectivity index (χ3n) is 4.16. The Bertz CT molecular complexity index is 713. The quantitative estimate of drug-likeness (QED) is 0.772. The second-order valence-corrected chi connectivity index (χ2v) is 6.42. The molecule has 1 aromatic heterocycles. The van der Waals surface area contributed by atoms with Crippen molar-refractivity contribution in [1.29, 1.82) is 0 Å². The highest BCUT2D eigenvalue weighted by Gasteiger charge is 2.37. The molecule has 1 fully saturated rings. The molecule has 3 rings (SSSR count).